The van der Waals surface area contributed by atoms with Crippen LogP contribution < -0.4 is 0 Å². The van der Waals surface area contributed by atoms with E-state index in [0.29, 0.717) is 5.92 Å². The lowest BCUT2D eigenvalue weighted by molar-refractivity contribution is -0.286. The quantitative estimate of drug-likeness (QED) is 0.530. The Kier molecular flexibility index (Phi) is 2.45. The zero-order valence-corrected chi connectivity index (χ0v) is 5.79. The summed E-state index contributed by atoms with van der Waals surface area (Å²) in [7, 11) is 0. The SMILES string of the molecule is CCC(C)C1OCOO1. The Labute approximate surface area is 54.8 Å². The Balaban J connectivity index is 2.24. The van der Waals surface area contributed by atoms with Gasteiger partial charge in [-0.3, -0.25) is 0 Å². The largest absolute Gasteiger partial charge is 0.320 e. The second kappa shape index (κ2) is 3.15. The van der Waals surface area contributed by atoms with Crippen LogP contribution in [0.2, 0.25) is 0 Å². The van der Waals surface area contributed by atoms with Gasteiger partial charge in [0.25, 0.3) is 0 Å². The summed E-state index contributed by atoms with van der Waals surface area (Å²) < 4.78 is 5.06. The minimum Gasteiger partial charge on any atom is -0.320 e. The van der Waals surface area contributed by atoms with Gasteiger partial charge >= 0.3 is 0 Å². The lowest BCUT2D eigenvalue weighted by Gasteiger charge is -2.11. The van der Waals surface area contributed by atoms with Gasteiger partial charge in [-0.25, -0.2) is 9.78 Å². The maximum Gasteiger partial charge on any atom is 0.196 e. The van der Waals surface area contributed by atoms with Crippen LogP contribution in [0.15, 0.2) is 0 Å². The lowest BCUT2D eigenvalue weighted by atomic mass is 10.1. The molecule has 3 heteroatoms. The lowest BCUT2D eigenvalue weighted by Crippen LogP contribution is -2.17. The van der Waals surface area contributed by atoms with Gasteiger partial charge < -0.3 is 4.74 Å². The third kappa shape index (κ3) is 1.64. The number of rotatable bonds is 2. The van der Waals surface area contributed by atoms with Crippen LogP contribution in [0.4, 0.5) is 0 Å². The third-order valence-electron chi connectivity index (χ3n) is 1.55. The highest BCUT2D eigenvalue weighted by Crippen LogP contribution is 2.17. The summed E-state index contributed by atoms with van der Waals surface area (Å²) in [6, 6.07) is 0. The number of hydrogen-bond acceptors (Lipinski definition) is 3. The van der Waals surface area contributed by atoms with E-state index in [1.54, 1.807) is 0 Å². The van der Waals surface area contributed by atoms with Gasteiger partial charge in [0, 0.05) is 5.92 Å². The first-order valence-electron chi connectivity index (χ1n) is 3.24. The van der Waals surface area contributed by atoms with E-state index in [9.17, 15) is 0 Å². The fourth-order valence-electron chi connectivity index (χ4n) is 0.669. The second-order valence-electron chi connectivity index (χ2n) is 2.25. The highest BCUT2D eigenvalue weighted by molar-refractivity contribution is 4.53. The molecule has 0 radical (unpaired) electrons. The Morgan fingerprint density at radius 3 is 2.89 bits per heavy atom. The molecule has 1 saturated heterocycles. The highest BCUT2D eigenvalue weighted by atomic mass is 17.3. The molecule has 1 aliphatic heterocycles. The topological polar surface area (TPSA) is 27.7 Å². The van der Waals surface area contributed by atoms with Crippen molar-refractivity contribution < 1.29 is 14.5 Å². The third-order valence-corrected chi connectivity index (χ3v) is 1.55. The van der Waals surface area contributed by atoms with Crippen molar-refractivity contribution in [3.05, 3.63) is 0 Å². The molecular formula is C6H12O3. The molecule has 0 N–H and O–H groups in total. The van der Waals surface area contributed by atoms with Gasteiger partial charge in [-0.05, 0) is 6.42 Å². The minimum absolute atomic E-state index is 0.144. The molecule has 1 fully saturated rings. The summed E-state index contributed by atoms with van der Waals surface area (Å²) in [5.41, 5.74) is 0. The van der Waals surface area contributed by atoms with Crippen molar-refractivity contribution >= 4 is 0 Å². The van der Waals surface area contributed by atoms with Crippen LogP contribution in [-0.2, 0) is 14.5 Å². The average molecular weight is 132 g/mol. The van der Waals surface area contributed by atoms with E-state index in [1.165, 1.54) is 0 Å². The van der Waals surface area contributed by atoms with Crippen molar-refractivity contribution in [2.75, 3.05) is 6.79 Å². The Hall–Kier alpha value is -0.120. The van der Waals surface area contributed by atoms with Crippen LogP contribution in [0.1, 0.15) is 20.3 Å². The van der Waals surface area contributed by atoms with Crippen molar-refractivity contribution in [3.8, 4) is 0 Å². The van der Waals surface area contributed by atoms with E-state index in [2.05, 4.69) is 18.7 Å². The van der Waals surface area contributed by atoms with Crippen LogP contribution in [0.25, 0.3) is 0 Å². The standard InChI is InChI=1S/C6H12O3/c1-3-5(2)6-7-4-8-9-6/h5-6H,3-4H2,1-2H3. The first-order valence-corrected chi connectivity index (χ1v) is 3.24. The molecule has 2 atom stereocenters. The maximum absolute atomic E-state index is 5.06. The van der Waals surface area contributed by atoms with Gasteiger partial charge in [0.2, 0.25) is 0 Å². The molecular weight excluding hydrogens is 120 g/mol. The molecule has 9 heavy (non-hydrogen) atoms. The molecule has 0 saturated carbocycles. The molecule has 0 amide bonds. The second-order valence-corrected chi connectivity index (χ2v) is 2.25. The van der Waals surface area contributed by atoms with E-state index < -0.39 is 0 Å². The van der Waals surface area contributed by atoms with Gasteiger partial charge in [0.15, 0.2) is 13.1 Å². The highest BCUT2D eigenvalue weighted by Gasteiger charge is 2.22. The van der Waals surface area contributed by atoms with Crippen molar-refractivity contribution in [2.24, 2.45) is 5.92 Å². The molecule has 0 spiro atoms. The molecule has 0 aromatic heterocycles. The monoisotopic (exact) mass is 132 g/mol. The minimum atomic E-state index is -0.144. The molecule has 0 aromatic carbocycles. The smallest absolute Gasteiger partial charge is 0.196 e. The van der Waals surface area contributed by atoms with Crippen LogP contribution >= 0.6 is 0 Å². The normalized spacial score (nSPS) is 30.7. The van der Waals surface area contributed by atoms with Gasteiger partial charge in [-0.1, -0.05) is 13.8 Å². The molecule has 2 unspecified atom stereocenters. The van der Waals surface area contributed by atoms with Crippen LogP contribution in [0.3, 0.4) is 0 Å². The van der Waals surface area contributed by atoms with Gasteiger partial charge in [-0.15, -0.1) is 0 Å². The average Bonchev–Trinajstić information content (AvgIpc) is 2.37. The molecule has 1 heterocycles. The Bertz CT molecular complexity index is 78.4. The molecule has 0 bridgehead atoms. The summed E-state index contributed by atoms with van der Waals surface area (Å²) in [6.45, 7) is 4.43. The summed E-state index contributed by atoms with van der Waals surface area (Å²) in [6.07, 6.45) is 0.906. The van der Waals surface area contributed by atoms with E-state index in [-0.39, 0.29) is 13.1 Å². The first-order chi connectivity index (χ1) is 4.34. The van der Waals surface area contributed by atoms with Crippen molar-refractivity contribution in [1.29, 1.82) is 0 Å². The van der Waals surface area contributed by atoms with Gasteiger partial charge in [-0.2, -0.15) is 0 Å². The predicted molar refractivity (Wildman–Crippen MR) is 31.4 cm³/mol. The fourth-order valence-corrected chi connectivity index (χ4v) is 0.669. The molecule has 3 nitrogen and oxygen atoms in total. The zero-order chi connectivity index (χ0) is 6.69. The van der Waals surface area contributed by atoms with E-state index >= 15 is 0 Å². The maximum atomic E-state index is 5.06. The molecule has 54 valence electrons. The van der Waals surface area contributed by atoms with Crippen molar-refractivity contribution in [1.82, 2.24) is 0 Å². The summed E-state index contributed by atoms with van der Waals surface area (Å²) in [5.74, 6) is 0.424. The van der Waals surface area contributed by atoms with E-state index in [4.69, 9.17) is 9.62 Å². The fraction of sp³-hybridized carbons (Fsp3) is 1.00. The van der Waals surface area contributed by atoms with Gasteiger partial charge in [0.05, 0.1) is 0 Å². The summed E-state index contributed by atoms with van der Waals surface area (Å²) in [5, 5.41) is 0. The van der Waals surface area contributed by atoms with Crippen LogP contribution in [0.5, 0.6) is 0 Å². The van der Waals surface area contributed by atoms with Gasteiger partial charge in [0.1, 0.15) is 0 Å². The Morgan fingerprint density at radius 2 is 2.44 bits per heavy atom. The molecule has 1 rings (SSSR count). The predicted octanol–water partition coefficient (Wildman–Crippen LogP) is 1.29. The van der Waals surface area contributed by atoms with E-state index in [1.807, 2.05) is 0 Å². The van der Waals surface area contributed by atoms with Crippen LogP contribution in [0, 0.1) is 5.92 Å². The van der Waals surface area contributed by atoms with Crippen molar-refractivity contribution in [2.45, 2.75) is 26.6 Å². The number of hydrogen-bond donors (Lipinski definition) is 0. The molecule has 0 aliphatic carbocycles. The van der Waals surface area contributed by atoms with Crippen molar-refractivity contribution in [3.63, 3.8) is 0 Å². The van der Waals surface area contributed by atoms with Crippen LogP contribution in [-0.4, -0.2) is 13.1 Å². The Morgan fingerprint density at radius 1 is 1.67 bits per heavy atom. The number of ether oxygens (including phenoxy) is 1. The summed E-state index contributed by atoms with van der Waals surface area (Å²) >= 11 is 0. The summed E-state index contributed by atoms with van der Waals surface area (Å²) in [4.78, 5) is 9.34. The van der Waals surface area contributed by atoms with E-state index in [0.717, 1.165) is 6.42 Å². The first kappa shape index (κ1) is 6.99. The molecule has 1 aliphatic rings. The zero-order valence-electron chi connectivity index (χ0n) is 5.79. The molecule has 0 aromatic rings.